The van der Waals surface area contributed by atoms with Crippen LogP contribution in [0.15, 0.2) is 114 Å². The van der Waals surface area contributed by atoms with Gasteiger partial charge >= 0.3 is 0 Å². The van der Waals surface area contributed by atoms with Crippen molar-refractivity contribution >= 4 is 59.3 Å². The zero-order chi connectivity index (χ0) is 23.5. The first-order chi connectivity index (χ1) is 17.2. The number of aromatic nitrogens is 2. The van der Waals surface area contributed by atoms with E-state index in [-0.39, 0.29) is 0 Å². The molecule has 6 aromatic carbocycles. The third-order valence-corrected chi connectivity index (χ3v) is 7.35. The molecule has 7 aromatic rings. The average molecular weight is 513 g/mol. The van der Waals surface area contributed by atoms with Gasteiger partial charge in [0.1, 0.15) is 5.82 Å². The fraction of sp³-hybridized carbons (Fsp3) is 0.0312. The van der Waals surface area contributed by atoms with E-state index in [0.29, 0.717) is 0 Å². The Balaban J connectivity index is 1.71. The van der Waals surface area contributed by atoms with Crippen LogP contribution in [0.1, 0.15) is 5.56 Å². The summed E-state index contributed by atoms with van der Waals surface area (Å²) in [5.41, 5.74) is 5.60. The summed E-state index contributed by atoms with van der Waals surface area (Å²) in [4.78, 5) is 5.36. The Morgan fingerprint density at radius 2 is 1.37 bits per heavy atom. The molecule has 0 unspecified atom stereocenters. The van der Waals surface area contributed by atoms with Crippen LogP contribution >= 0.6 is 15.9 Å². The Bertz CT molecular complexity index is 1920. The number of imidazole rings is 1. The second-order valence-corrected chi connectivity index (χ2v) is 10.0. The minimum Gasteiger partial charge on any atom is -0.292 e. The predicted molar refractivity (Wildman–Crippen MR) is 151 cm³/mol. The number of benzene rings is 6. The van der Waals surface area contributed by atoms with Gasteiger partial charge in [0.25, 0.3) is 0 Å². The molecule has 0 aliphatic carbocycles. The Kier molecular flexibility index (Phi) is 4.55. The first-order valence-electron chi connectivity index (χ1n) is 11.8. The Morgan fingerprint density at radius 3 is 2.23 bits per heavy atom. The number of halogens is 1. The van der Waals surface area contributed by atoms with Gasteiger partial charge in [-0.3, -0.25) is 4.57 Å². The summed E-state index contributed by atoms with van der Waals surface area (Å²) in [5, 5.41) is 7.28. The first kappa shape index (κ1) is 20.4. The van der Waals surface area contributed by atoms with Crippen LogP contribution in [-0.4, -0.2) is 9.55 Å². The third kappa shape index (κ3) is 3.19. The van der Waals surface area contributed by atoms with E-state index in [1.54, 1.807) is 0 Å². The van der Waals surface area contributed by atoms with Crippen molar-refractivity contribution in [2.24, 2.45) is 0 Å². The van der Waals surface area contributed by atoms with Gasteiger partial charge in [0.2, 0.25) is 0 Å². The predicted octanol–water partition coefficient (Wildman–Crippen LogP) is 9.22. The minimum atomic E-state index is 0.951. The van der Waals surface area contributed by atoms with Gasteiger partial charge < -0.3 is 0 Å². The van der Waals surface area contributed by atoms with Crippen molar-refractivity contribution in [1.29, 1.82) is 0 Å². The minimum absolute atomic E-state index is 0.951. The molecule has 1 aromatic heterocycles. The van der Waals surface area contributed by atoms with Gasteiger partial charge in [0.15, 0.2) is 0 Å². The lowest BCUT2D eigenvalue weighted by Gasteiger charge is -2.13. The molecule has 0 amide bonds. The summed E-state index contributed by atoms with van der Waals surface area (Å²) in [6, 6.07) is 39.0. The van der Waals surface area contributed by atoms with Crippen LogP contribution in [0.4, 0.5) is 0 Å². The monoisotopic (exact) mass is 512 g/mol. The molecule has 0 N–H and O–H groups in total. The van der Waals surface area contributed by atoms with Gasteiger partial charge in [-0.1, -0.05) is 94.3 Å². The van der Waals surface area contributed by atoms with Crippen LogP contribution in [0.3, 0.4) is 0 Å². The van der Waals surface area contributed by atoms with Gasteiger partial charge in [0, 0.05) is 26.5 Å². The SMILES string of the molecule is Cc1ccc2c3ccc(Br)cc3c3c(nc(-c4ccc5ccccc5c4)n3-c3ccccc3)c2c1. The number of fused-ring (bicyclic) bond motifs is 7. The van der Waals surface area contributed by atoms with Crippen molar-refractivity contribution in [1.82, 2.24) is 9.55 Å². The molecule has 0 fully saturated rings. The maximum Gasteiger partial charge on any atom is 0.145 e. The molecule has 0 aliphatic heterocycles. The zero-order valence-electron chi connectivity index (χ0n) is 19.2. The summed E-state index contributed by atoms with van der Waals surface area (Å²) in [6.07, 6.45) is 0. The molecule has 2 nitrogen and oxygen atoms in total. The third-order valence-electron chi connectivity index (χ3n) is 6.86. The number of para-hydroxylation sites is 1. The molecule has 0 saturated heterocycles. The number of hydrogen-bond donors (Lipinski definition) is 0. The van der Waals surface area contributed by atoms with Gasteiger partial charge in [-0.2, -0.15) is 0 Å². The van der Waals surface area contributed by atoms with Crippen molar-refractivity contribution in [2.75, 3.05) is 0 Å². The van der Waals surface area contributed by atoms with Gasteiger partial charge in [-0.05, 0) is 64.9 Å². The van der Waals surface area contributed by atoms with E-state index in [4.69, 9.17) is 4.98 Å². The number of aryl methyl sites for hydroxylation is 1. The normalized spacial score (nSPS) is 11.7. The largest absolute Gasteiger partial charge is 0.292 e. The molecular weight excluding hydrogens is 492 g/mol. The van der Waals surface area contributed by atoms with Crippen LogP contribution < -0.4 is 0 Å². The number of nitrogens with zero attached hydrogens (tertiary/aromatic N) is 2. The van der Waals surface area contributed by atoms with Crippen molar-refractivity contribution in [3.63, 3.8) is 0 Å². The number of hydrogen-bond acceptors (Lipinski definition) is 1. The van der Waals surface area contributed by atoms with E-state index >= 15 is 0 Å². The van der Waals surface area contributed by atoms with E-state index in [2.05, 4.69) is 137 Å². The zero-order valence-corrected chi connectivity index (χ0v) is 20.8. The second-order valence-electron chi connectivity index (χ2n) is 9.10. The van der Waals surface area contributed by atoms with E-state index < -0.39 is 0 Å². The van der Waals surface area contributed by atoms with Gasteiger partial charge in [-0.25, -0.2) is 4.98 Å². The van der Waals surface area contributed by atoms with Gasteiger partial charge in [0.05, 0.1) is 11.0 Å². The smallest absolute Gasteiger partial charge is 0.145 e. The molecule has 7 rings (SSSR count). The van der Waals surface area contributed by atoms with Crippen LogP contribution in [0, 0.1) is 6.92 Å². The molecule has 1 heterocycles. The molecule has 0 bridgehead atoms. The molecule has 0 saturated carbocycles. The van der Waals surface area contributed by atoms with E-state index in [9.17, 15) is 0 Å². The topological polar surface area (TPSA) is 17.8 Å². The van der Waals surface area contributed by atoms with E-state index in [0.717, 1.165) is 32.6 Å². The summed E-state index contributed by atoms with van der Waals surface area (Å²) in [5.74, 6) is 0.951. The van der Waals surface area contributed by atoms with Crippen molar-refractivity contribution in [2.45, 2.75) is 6.92 Å². The highest BCUT2D eigenvalue weighted by molar-refractivity contribution is 9.10. The van der Waals surface area contributed by atoms with Gasteiger partial charge in [-0.15, -0.1) is 0 Å². The Labute approximate surface area is 211 Å². The Hall–Kier alpha value is -3.95. The van der Waals surface area contributed by atoms with E-state index in [1.807, 2.05) is 0 Å². The van der Waals surface area contributed by atoms with Crippen molar-refractivity contribution < 1.29 is 0 Å². The lowest BCUT2D eigenvalue weighted by molar-refractivity contribution is 1.11. The molecule has 0 radical (unpaired) electrons. The lowest BCUT2D eigenvalue weighted by Crippen LogP contribution is -1.98. The molecule has 166 valence electrons. The molecule has 35 heavy (non-hydrogen) atoms. The summed E-state index contributed by atoms with van der Waals surface area (Å²) in [7, 11) is 0. The lowest BCUT2D eigenvalue weighted by atomic mass is 9.98. The van der Waals surface area contributed by atoms with Crippen molar-refractivity contribution in [3.8, 4) is 17.1 Å². The number of rotatable bonds is 2. The van der Waals surface area contributed by atoms with E-state index in [1.165, 1.54) is 37.9 Å². The molecule has 0 spiro atoms. The summed E-state index contributed by atoms with van der Waals surface area (Å²) in [6.45, 7) is 2.15. The van der Waals surface area contributed by atoms with Crippen molar-refractivity contribution in [3.05, 3.63) is 119 Å². The quantitative estimate of drug-likeness (QED) is 0.211. The highest BCUT2D eigenvalue weighted by Crippen LogP contribution is 2.40. The summed E-state index contributed by atoms with van der Waals surface area (Å²) < 4.78 is 3.39. The standard InChI is InChI=1S/C32H21BrN2/c1-20-11-15-26-27-16-14-24(33)19-29(27)31-30(28(26)17-20)34-32(35(31)25-9-3-2-4-10-25)23-13-12-21-7-5-6-8-22(21)18-23/h2-19H,1H3. The second kappa shape index (κ2) is 7.79. The molecule has 0 atom stereocenters. The van der Waals surface area contributed by atoms with Crippen LogP contribution in [0.25, 0.3) is 60.4 Å². The van der Waals surface area contributed by atoms with Crippen LogP contribution in [-0.2, 0) is 0 Å². The first-order valence-corrected chi connectivity index (χ1v) is 12.6. The fourth-order valence-electron chi connectivity index (χ4n) is 5.24. The average Bonchev–Trinajstić information content (AvgIpc) is 3.30. The molecule has 3 heteroatoms. The highest BCUT2D eigenvalue weighted by atomic mass is 79.9. The Morgan fingerprint density at radius 1 is 0.629 bits per heavy atom. The summed E-state index contributed by atoms with van der Waals surface area (Å²) >= 11 is 3.72. The fourth-order valence-corrected chi connectivity index (χ4v) is 5.60. The highest BCUT2D eigenvalue weighted by Gasteiger charge is 2.20. The molecule has 0 aliphatic rings. The molecular formula is C32H21BrN2. The maximum atomic E-state index is 5.36. The van der Waals surface area contributed by atoms with Crippen LogP contribution in [0.5, 0.6) is 0 Å². The maximum absolute atomic E-state index is 5.36. The van der Waals surface area contributed by atoms with Crippen LogP contribution in [0.2, 0.25) is 0 Å².